The minimum atomic E-state index is 0.381. The first-order valence-corrected chi connectivity index (χ1v) is 10.2. The molecule has 1 aromatic rings. The van der Waals surface area contributed by atoms with Crippen molar-refractivity contribution in [1.29, 1.82) is 0 Å². The van der Waals surface area contributed by atoms with Crippen LogP contribution in [0, 0.1) is 0 Å². The van der Waals surface area contributed by atoms with Gasteiger partial charge in [-0.25, -0.2) is 0 Å². The molecule has 0 heterocycles. The van der Waals surface area contributed by atoms with Gasteiger partial charge in [0.2, 0.25) is 0 Å². The third-order valence-corrected chi connectivity index (χ3v) is 4.81. The Bertz CT molecular complexity index is 415. The Morgan fingerprint density at radius 3 is 2.12 bits per heavy atom. The quantitative estimate of drug-likeness (QED) is 0.391. The smallest absolute Gasteiger partial charge is 0.0720 e. The first-order chi connectivity index (χ1) is 12.4. The Morgan fingerprint density at radius 2 is 1.40 bits per heavy atom. The number of unbranched alkanes of at least 4 members (excludes halogenated alkanes) is 5. The third kappa shape index (κ3) is 9.39. The molecular weight excluding hydrogens is 312 g/mol. The lowest BCUT2D eigenvalue weighted by molar-refractivity contribution is -0.107. The van der Waals surface area contributed by atoms with Gasteiger partial charge in [-0.15, -0.1) is 0 Å². The van der Waals surface area contributed by atoms with E-state index in [4.69, 9.17) is 14.2 Å². The minimum Gasteiger partial charge on any atom is -0.381 e. The molecule has 1 aromatic carbocycles. The Morgan fingerprint density at radius 1 is 0.760 bits per heavy atom. The average molecular weight is 349 g/mol. The molecule has 0 radical (unpaired) electrons. The fourth-order valence-electron chi connectivity index (χ4n) is 3.04. The molecule has 0 aromatic heterocycles. The zero-order valence-electron chi connectivity index (χ0n) is 16.0. The van der Waals surface area contributed by atoms with Crippen LogP contribution in [-0.4, -0.2) is 32.0 Å². The van der Waals surface area contributed by atoms with Gasteiger partial charge in [0.15, 0.2) is 0 Å². The molecular formula is C22H36O3. The Hall–Kier alpha value is -0.900. The van der Waals surface area contributed by atoms with Crippen molar-refractivity contribution in [1.82, 2.24) is 0 Å². The fourth-order valence-corrected chi connectivity index (χ4v) is 3.04. The normalized spacial score (nSPS) is 19.7. The summed E-state index contributed by atoms with van der Waals surface area (Å²) in [6.45, 7) is 5.68. The highest BCUT2D eigenvalue weighted by Gasteiger charge is 2.30. The summed E-state index contributed by atoms with van der Waals surface area (Å²) in [5.74, 6) is 0. The van der Waals surface area contributed by atoms with E-state index in [1.54, 1.807) is 0 Å². The van der Waals surface area contributed by atoms with Gasteiger partial charge in [-0.3, -0.25) is 0 Å². The molecule has 0 bridgehead atoms. The van der Waals surface area contributed by atoms with Crippen LogP contribution in [-0.2, 0) is 20.8 Å². The molecule has 1 aliphatic rings. The van der Waals surface area contributed by atoms with Crippen molar-refractivity contribution < 1.29 is 14.2 Å². The predicted octanol–water partition coefficient (Wildman–Crippen LogP) is 5.52. The molecule has 0 amide bonds. The van der Waals surface area contributed by atoms with Crippen LogP contribution in [0.1, 0.15) is 70.3 Å². The van der Waals surface area contributed by atoms with Gasteiger partial charge in [0.1, 0.15) is 0 Å². The monoisotopic (exact) mass is 348 g/mol. The summed E-state index contributed by atoms with van der Waals surface area (Å²) in [4.78, 5) is 0. The van der Waals surface area contributed by atoms with Crippen molar-refractivity contribution in [3.63, 3.8) is 0 Å². The van der Waals surface area contributed by atoms with E-state index in [0.717, 1.165) is 52.1 Å². The van der Waals surface area contributed by atoms with E-state index in [1.807, 2.05) is 6.07 Å². The van der Waals surface area contributed by atoms with Crippen LogP contribution in [0.15, 0.2) is 30.3 Å². The largest absolute Gasteiger partial charge is 0.381 e. The number of rotatable bonds is 15. The summed E-state index contributed by atoms with van der Waals surface area (Å²) in [5.41, 5.74) is 1.25. The topological polar surface area (TPSA) is 27.7 Å². The van der Waals surface area contributed by atoms with Gasteiger partial charge < -0.3 is 14.2 Å². The van der Waals surface area contributed by atoms with E-state index in [9.17, 15) is 0 Å². The lowest BCUT2D eigenvalue weighted by Gasteiger charge is -2.35. The fraction of sp³-hybridized carbons (Fsp3) is 0.727. The standard InChI is InChI=1S/C22H36O3/c1-2-3-4-9-14-23-15-10-6-11-16-24-21-17-22(18-21)25-19-20-12-7-5-8-13-20/h5,7-8,12-13,21-22H,2-4,6,9-11,14-19H2,1H3. The second kappa shape index (κ2) is 13.3. The Kier molecular flexibility index (Phi) is 10.9. The summed E-state index contributed by atoms with van der Waals surface area (Å²) in [6, 6.07) is 10.4. The molecule has 2 rings (SSSR count). The highest BCUT2D eigenvalue weighted by Crippen LogP contribution is 2.27. The maximum absolute atomic E-state index is 5.91. The lowest BCUT2D eigenvalue weighted by atomic mass is 9.92. The van der Waals surface area contributed by atoms with E-state index in [1.165, 1.54) is 37.7 Å². The van der Waals surface area contributed by atoms with Crippen LogP contribution >= 0.6 is 0 Å². The molecule has 0 N–H and O–H groups in total. The maximum atomic E-state index is 5.91. The molecule has 0 spiro atoms. The van der Waals surface area contributed by atoms with Crippen molar-refractivity contribution in [2.45, 2.75) is 83.5 Å². The number of hydrogen-bond donors (Lipinski definition) is 0. The first kappa shape index (κ1) is 20.4. The molecule has 1 saturated carbocycles. The predicted molar refractivity (Wildman–Crippen MR) is 103 cm³/mol. The molecule has 0 saturated heterocycles. The molecule has 1 aliphatic carbocycles. The van der Waals surface area contributed by atoms with E-state index < -0.39 is 0 Å². The summed E-state index contributed by atoms with van der Waals surface area (Å²) in [5, 5.41) is 0. The lowest BCUT2D eigenvalue weighted by Crippen LogP contribution is -2.37. The number of hydrogen-bond acceptors (Lipinski definition) is 3. The molecule has 1 fully saturated rings. The minimum absolute atomic E-state index is 0.381. The summed E-state index contributed by atoms with van der Waals surface area (Å²) in [6.07, 6.45) is 11.5. The molecule has 25 heavy (non-hydrogen) atoms. The average Bonchev–Trinajstić information content (AvgIpc) is 2.61. The van der Waals surface area contributed by atoms with E-state index >= 15 is 0 Å². The molecule has 0 unspecified atom stereocenters. The summed E-state index contributed by atoms with van der Waals surface area (Å²) in [7, 11) is 0. The van der Waals surface area contributed by atoms with E-state index in [-0.39, 0.29) is 0 Å². The van der Waals surface area contributed by atoms with Crippen molar-refractivity contribution in [3.05, 3.63) is 35.9 Å². The van der Waals surface area contributed by atoms with Gasteiger partial charge in [-0.1, -0.05) is 56.5 Å². The van der Waals surface area contributed by atoms with Crippen LogP contribution in [0.2, 0.25) is 0 Å². The number of benzene rings is 1. The molecule has 142 valence electrons. The van der Waals surface area contributed by atoms with Crippen LogP contribution in [0.3, 0.4) is 0 Å². The summed E-state index contributed by atoms with van der Waals surface area (Å²) < 4.78 is 17.5. The first-order valence-electron chi connectivity index (χ1n) is 10.2. The van der Waals surface area contributed by atoms with E-state index in [0.29, 0.717) is 12.2 Å². The maximum Gasteiger partial charge on any atom is 0.0720 e. The second-order valence-corrected chi connectivity index (χ2v) is 7.12. The van der Waals surface area contributed by atoms with Crippen molar-refractivity contribution in [2.75, 3.05) is 19.8 Å². The SMILES string of the molecule is CCCCCCOCCCCCOC1CC(OCc2ccccc2)C1. The molecule has 0 aliphatic heterocycles. The van der Waals surface area contributed by atoms with Gasteiger partial charge in [0.25, 0.3) is 0 Å². The van der Waals surface area contributed by atoms with Gasteiger partial charge in [-0.2, -0.15) is 0 Å². The Balaban J connectivity index is 1.32. The van der Waals surface area contributed by atoms with Crippen molar-refractivity contribution >= 4 is 0 Å². The van der Waals surface area contributed by atoms with Gasteiger partial charge in [0, 0.05) is 19.8 Å². The molecule has 0 atom stereocenters. The highest BCUT2D eigenvalue weighted by molar-refractivity contribution is 5.13. The number of ether oxygens (including phenoxy) is 3. The zero-order chi connectivity index (χ0) is 17.6. The van der Waals surface area contributed by atoms with E-state index in [2.05, 4.69) is 31.2 Å². The van der Waals surface area contributed by atoms with Gasteiger partial charge >= 0.3 is 0 Å². The zero-order valence-corrected chi connectivity index (χ0v) is 16.0. The van der Waals surface area contributed by atoms with Crippen LogP contribution in [0.4, 0.5) is 0 Å². The summed E-state index contributed by atoms with van der Waals surface area (Å²) >= 11 is 0. The third-order valence-electron chi connectivity index (χ3n) is 4.81. The molecule has 3 heteroatoms. The van der Waals surface area contributed by atoms with Gasteiger partial charge in [0.05, 0.1) is 18.8 Å². The van der Waals surface area contributed by atoms with Crippen LogP contribution in [0.5, 0.6) is 0 Å². The highest BCUT2D eigenvalue weighted by atomic mass is 16.5. The van der Waals surface area contributed by atoms with Gasteiger partial charge in [-0.05, 0) is 44.1 Å². The van der Waals surface area contributed by atoms with Crippen LogP contribution in [0.25, 0.3) is 0 Å². The van der Waals surface area contributed by atoms with Crippen molar-refractivity contribution in [2.24, 2.45) is 0 Å². The Labute approximate surface area is 154 Å². The van der Waals surface area contributed by atoms with Crippen molar-refractivity contribution in [3.8, 4) is 0 Å². The molecule has 3 nitrogen and oxygen atoms in total. The second-order valence-electron chi connectivity index (χ2n) is 7.12. The van der Waals surface area contributed by atoms with Crippen LogP contribution < -0.4 is 0 Å².